The molecule has 3 heterocycles. The summed E-state index contributed by atoms with van der Waals surface area (Å²) in [6.07, 6.45) is 2.40. The highest BCUT2D eigenvalue weighted by atomic mass is 28.3. The second-order valence-corrected chi connectivity index (χ2v) is 16.8. The molecule has 1 saturated heterocycles. The lowest BCUT2D eigenvalue weighted by Gasteiger charge is -2.32. The molecule has 0 saturated carbocycles. The van der Waals surface area contributed by atoms with Crippen molar-refractivity contribution >= 4 is 8.07 Å². The Hall–Kier alpha value is -2.39. The van der Waals surface area contributed by atoms with E-state index in [0.29, 0.717) is 6.73 Å². The number of nitrogens with zero attached hydrogens (tertiary/aromatic N) is 5. The van der Waals surface area contributed by atoms with Gasteiger partial charge < -0.3 is 9.64 Å². The molecule has 0 bridgehead atoms. The number of piperazine rings is 1. The SMILES string of the molecule is CN1CCN(Cc2ccc3c(c2)Cc2c(-c4ccc(F)nc4)nn(COCC[Si](C)(C)C)c2-3)CC1. The predicted molar refractivity (Wildman–Crippen MR) is 141 cm³/mol. The molecule has 0 radical (unpaired) electrons. The van der Waals surface area contributed by atoms with Crippen LogP contribution in [-0.2, 0) is 24.4 Å². The van der Waals surface area contributed by atoms with Gasteiger partial charge in [-0.15, -0.1) is 0 Å². The largest absolute Gasteiger partial charge is 0.360 e. The number of aromatic nitrogens is 3. The predicted octanol–water partition coefficient (Wildman–Crippen LogP) is 4.72. The van der Waals surface area contributed by atoms with Gasteiger partial charge in [-0.25, -0.2) is 9.67 Å². The van der Waals surface area contributed by atoms with Gasteiger partial charge in [0.15, 0.2) is 0 Å². The quantitative estimate of drug-likeness (QED) is 0.202. The van der Waals surface area contributed by atoms with Crippen molar-refractivity contribution in [1.82, 2.24) is 24.6 Å². The Morgan fingerprint density at radius 2 is 1.86 bits per heavy atom. The fourth-order valence-electron chi connectivity index (χ4n) is 4.92. The van der Waals surface area contributed by atoms with Crippen LogP contribution in [0.25, 0.3) is 22.5 Å². The van der Waals surface area contributed by atoms with E-state index >= 15 is 0 Å². The van der Waals surface area contributed by atoms with Gasteiger partial charge in [-0.2, -0.15) is 9.49 Å². The summed E-state index contributed by atoms with van der Waals surface area (Å²) >= 11 is 0. The third-order valence-electron chi connectivity index (χ3n) is 7.06. The van der Waals surface area contributed by atoms with Crippen LogP contribution in [0.4, 0.5) is 4.39 Å². The lowest BCUT2D eigenvalue weighted by atomic mass is 10.0. The van der Waals surface area contributed by atoms with Crippen molar-refractivity contribution in [2.24, 2.45) is 0 Å². The Labute approximate surface area is 208 Å². The van der Waals surface area contributed by atoms with Crippen molar-refractivity contribution in [2.45, 2.75) is 45.4 Å². The van der Waals surface area contributed by atoms with Gasteiger partial charge in [-0.3, -0.25) is 4.90 Å². The monoisotopic (exact) mass is 493 g/mol. The summed E-state index contributed by atoms with van der Waals surface area (Å²) in [4.78, 5) is 8.80. The van der Waals surface area contributed by atoms with Crippen molar-refractivity contribution in [3.63, 3.8) is 0 Å². The van der Waals surface area contributed by atoms with E-state index in [1.165, 1.54) is 28.3 Å². The Balaban J connectivity index is 1.41. The number of rotatable bonds is 8. The first-order valence-corrected chi connectivity index (χ1v) is 16.3. The van der Waals surface area contributed by atoms with Crippen molar-refractivity contribution in [1.29, 1.82) is 0 Å². The van der Waals surface area contributed by atoms with Crippen molar-refractivity contribution in [2.75, 3.05) is 39.8 Å². The van der Waals surface area contributed by atoms with E-state index in [4.69, 9.17) is 9.84 Å². The summed E-state index contributed by atoms with van der Waals surface area (Å²) in [7, 11) is 1.03. The highest BCUT2D eigenvalue weighted by Crippen LogP contribution is 2.42. The highest BCUT2D eigenvalue weighted by molar-refractivity contribution is 6.76. The summed E-state index contributed by atoms with van der Waals surface area (Å²) < 4.78 is 21.6. The average molecular weight is 494 g/mol. The minimum atomic E-state index is -1.16. The highest BCUT2D eigenvalue weighted by Gasteiger charge is 2.29. The maximum absolute atomic E-state index is 13.5. The van der Waals surface area contributed by atoms with Gasteiger partial charge in [0.2, 0.25) is 5.95 Å². The molecule has 0 unspecified atom stereocenters. The van der Waals surface area contributed by atoms with Crippen LogP contribution >= 0.6 is 0 Å². The first kappa shape index (κ1) is 24.3. The smallest absolute Gasteiger partial charge is 0.212 e. The average Bonchev–Trinajstić information content (AvgIpc) is 3.35. The summed E-state index contributed by atoms with van der Waals surface area (Å²) in [6.45, 7) is 13.7. The molecule has 1 aliphatic heterocycles. The number of pyridine rings is 1. The van der Waals surface area contributed by atoms with E-state index in [2.05, 4.69) is 59.7 Å². The molecular formula is C27H36FN5OSi. The lowest BCUT2D eigenvalue weighted by Crippen LogP contribution is -2.43. The van der Waals surface area contributed by atoms with E-state index in [-0.39, 0.29) is 0 Å². The van der Waals surface area contributed by atoms with E-state index in [1.54, 1.807) is 12.3 Å². The summed E-state index contributed by atoms with van der Waals surface area (Å²) in [6, 6.07) is 11.2. The van der Waals surface area contributed by atoms with Gasteiger partial charge in [0, 0.05) is 76.7 Å². The second-order valence-electron chi connectivity index (χ2n) is 11.1. The van der Waals surface area contributed by atoms with Crippen LogP contribution < -0.4 is 0 Å². The standard InChI is InChI=1S/C27H36FN5OSi/c1-31-9-11-32(12-10-31)18-20-5-7-23-22(15-20)16-24-26(21-6-8-25(28)29-17-21)30-33(27(23)24)19-34-13-14-35(2,3)4/h5-8,15,17H,9-14,16,18-19H2,1-4H3. The number of fused-ring (bicyclic) bond motifs is 3. The molecule has 0 amide bonds. The maximum atomic E-state index is 13.5. The summed E-state index contributed by atoms with van der Waals surface area (Å²) in [5.74, 6) is -0.476. The van der Waals surface area contributed by atoms with Crippen LogP contribution in [0.3, 0.4) is 0 Å². The van der Waals surface area contributed by atoms with Gasteiger partial charge in [0.05, 0.1) is 11.4 Å². The third kappa shape index (κ3) is 5.56. The molecule has 2 aromatic heterocycles. The van der Waals surface area contributed by atoms with Gasteiger partial charge in [0.25, 0.3) is 0 Å². The molecule has 5 rings (SSSR count). The van der Waals surface area contributed by atoms with Crippen LogP contribution in [-0.4, -0.2) is 72.5 Å². The zero-order valence-corrected chi connectivity index (χ0v) is 22.4. The van der Waals surface area contributed by atoms with E-state index in [1.807, 2.05) is 4.68 Å². The first-order chi connectivity index (χ1) is 16.8. The lowest BCUT2D eigenvalue weighted by molar-refractivity contribution is 0.0799. The fourth-order valence-corrected chi connectivity index (χ4v) is 5.67. The molecule has 0 spiro atoms. The number of benzene rings is 1. The van der Waals surface area contributed by atoms with E-state index < -0.39 is 14.0 Å². The Morgan fingerprint density at radius 3 is 2.57 bits per heavy atom. The van der Waals surface area contributed by atoms with Crippen molar-refractivity contribution < 1.29 is 9.13 Å². The van der Waals surface area contributed by atoms with Crippen molar-refractivity contribution in [3.05, 3.63) is 59.2 Å². The van der Waals surface area contributed by atoms with Crippen LogP contribution in [0.5, 0.6) is 0 Å². The Morgan fingerprint density at radius 1 is 1.06 bits per heavy atom. The number of hydrogen-bond acceptors (Lipinski definition) is 5. The minimum Gasteiger partial charge on any atom is -0.360 e. The molecule has 1 fully saturated rings. The van der Waals surface area contributed by atoms with Gasteiger partial charge in [-0.05, 0) is 36.4 Å². The molecule has 1 aliphatic carbocycles. The molecule has 1 aromatic carbocycles. The zero-order chi connectivity index (χ0) is 24.6. The summed E-state index contributed by atoms with van der Waals surface area (Å²) in [5, 5.41) is 4.92. The number of halogens is 1. The number of ether oxygens (including phenoxy) is 1. The van der Waals surface area contributed by atoms with E-state index in [9.17, 15) is 4.39 Å². The Kier molecular flexibility index (Phi) is 6.90. The zero-order valence-electron chi connectivity index (χ0n) is 21.4. The van der Waals surface area contributed by atoms with Gasteiger partial charge >= 0.3 is 0 Å². The topological polar surface area (TPSA) is 46.4 Å². The molecule has 35 heavy (non-hydrogen) atoms. The molecule has 0 atom stereocenters. The minimum absolute atomic E-state index is 0.421. The van der Waals surface area contributed by atoms with Gasteiger partial charge in [-0.1, -0.05) is 37.8 Å². The summed E-state index contributed by atoms with van der Waals surface area (Å²) in [5.41, 5.74) is 7.93. The van der Waals surface area contributed by atoms with Crippen LogP contribution in [0.1, 0.15) is 16.7 Å². The normalized spacial score (nSPS) is 16.5. The maximum Gasteiger partial charge on any atom is 0.212 e. The van der Waals surface area contributed by atoms with Crippen LogP contribution in [0, 0.1) is 5.95 Å². The van der Waals surface area contributed by atoms with Crippen LogP contribution in [0.2, 0.25) is 25.7 Å². The molecule has 186 valence electrons. The molecule has 6 nitrogen and oxygen atoms in total. The third-order valence-corrected chi connectivity index (χ3v) is 8.76. The molecule has 3 aromatic rings. The number of likely N-dealkylation sites (N-methyl/N-ethyl adjacent to an activating group) is 1. The van der Waals surface area contributed by atoms with Crippen LogP contribution in [0.15, 0.2) is 36.5 Å². The molecule has 0 N–H and O–H groups in total. The first-order valence-electron chi connectivity index (χ1n) is 12.6. The van der Waals surface area contributed by atoms with Crippen molar-refractivity contribution in [3.8, 4) is 22.5 Å². The Bertz CT molecular complexity index is 1180. The molecule has 2 aliphatic rings. The van der Waals surface area contributed by atoms with Gasteiger partial charge in [0.1, 0.15) is 6.73 Å². The molecule has 8 heteroatoms. The fraction of sp³-hybridized carbons (Fsp3) is 0.481. The number of hydrogen-bond donors (Lipinski definition) is 0. The van der Waals surface area contributed by atoms with E-state index in [0.717, 1.165) is 68.7 Å². The second kappa shape index (κ2) is 9.93. The molecular weight excluding hydrogens is 457 g/mol.